The van der Waals surface area contributed by atoms with E-state index in [0.717, 1.165) is 18.1 Å². The predicted octanol–water partition coefficient (Wildman–Crippen LogP) is 2.93. The summed E-state index contributed by atoms with van der Waals surface area (Å²) in [5.74, 6) is 1.38. The Labute approximate surface area is 127 Å². The van der Waals surface area contributed by atoms with Crippen molar-refractivity contribution in [1.29, 1.82) is 0 Å². The van der Waals surface area contributed by atoms with Crippen molar-refractivity contribution >= 4 is 47.4 Å². The van der Waals surface area contributed by atoms with Crippen molar-refractivity contribution in [3.8, 4) is 0 Å². The molecule has 1 aliphatic heterocycles. The zero-order chi connectivity index (χ0) is 13.0. The molecule has 1 unspecified atom stereocenters. The lowest BCUT2D eigenvalue weighted by molar-refractivity contribution is -0.116. The highest BCUT2D eigenvalue weighted by Crippen LogP contribution is 2.19. The average molecular weight is 325 g/mol. The second kappa shape index (κ2) is 7.94. The van der Waals surface area contributed by atoms with Gasteiger partial charge in [0.25, 0.3) is 0 Å². The van der Waals surface area contributed by atoms with E-state index in [4.69, 9.17) is 11.6 Å². The molecule has 3 nitrogen and oxygen atoms in total. The summed E-state index contributed by atoms with van der Waals surface area (Å²) in [6.45, 7) is 0.929. The first-order valence-corrected chi connectivity index (χ1v) is 7.24. The summed E-state index contributed by atoms with van der Waals surface area (Å²) in [6.07, 6.45) is 0.400. The van der Waals surface area contributed by atoms with Crippen LogP contribution in [0.4, 0.5) is 10.1 Å². The second-order valence-electron chi connectivity index (χ2n) is 4.11. The number of carbonyl (C=O) groups is 1. The van der Waals surface area contributed by atoms with E-state index in [1.165, 1.54) is 12.1 Å². The first-order valence-electron chi connectivity index (χ1n) is 5.71. The Hall–Kier alpha value is -0.490. The maximum absolute atomic E-state index is 13.2. The van der Waals surface area contributed by atoms with Crippen molar-refractivity contribution in [3.63, 3.8) is 0 Å². The standard InChI is InChI=1S/C12H14ClFN2OS.ClH/c13-10-2-1-8(5-11(10)14)16-12(17)6-9-7-18-4-3-15-9;/h1-2,5,9,15H,3-4,6-7H2,(H,16,17);1H. The maximum Gasteiger partial charge on any atom is 0.225 e. The number of carbonyl (C=O) groups excluding carboxylic acids is 1. The Bertz CT molecular complexity index is 442. The molecule has 1 amide bonds. The van der Waals surface area contributed by atoms with Crippen LogP contribution in [0.5, 0.6) is 0 Å². The molecular weight excluding hydrogens is 310 g/mol. The van der Waals surface area contributed by atoms with Crippen LogP contribution in [0.3, 0.4) is 0 Å². The van der Waals surface area contributed by atoms with Crippen molar-refractivity contribution in [2.75, 3.05) is 23.4 Å². The third-order valence-corrected chi connectivity index (χ3v) is 4.07. The van der Waals surface area contributed by atoms with Gasteiger partial charge in [-0.05, 0) is 18.2 Å². The average Bonchev–Trinajstić information content (AvgIpc) is 2.35. The van der Waals surface area contributed by atoms with Crippen LogP contribution in [0.15, 0.2) is 18.2 Å². The number of rotatable bonds is 3. The molecule has 1 aromatic carbocycles. The summed E-state index contributed by atoms with van der Waals surface area (Å²) >= 11 is 7.41. The van der Waals surface area contributed by atoms with E-state index in [2.05, 4.69) is 10.6 Å². The van der Waals surface area contributed by atoms with Gasteiger partial charge >= 0.3 is 0 Å². The molecule has 1 aromatic rings. The molecule has 1 saturated heterocycles. The quantitative estimate of drug-likeness (QED) is 0.898. The molecule has 0 radical (unpaired) electrons. The van der Waals surface area contributed by atoms with E-state index >= 15 is 0 Å². The number of amides is 1. The molecule has 0 aliphatic carbocycles. The first-order chi connectivity index (χ1) is 8.65. The van der Waals surface area contributed by atoms with Crippen LogP contribution in [-0.2, 0) is 4.79 Å². The minimum Gasteiger partial charge on any atom is -0.326 e. The predicted molar refractivity (Wildman–Crippen MR) is 81.0 cm³/mol. The Kier molecular flexibility index (Phi) is 6.93. The van der Waals surface area contributed by atoms with Crippen LogP contribution < -0.4 is 10.6 Å². The molecule has 0 saturated carbocycles. The van der Waals surface area contributed by atoms with Gasteiger partial charge < -0.3 is 10.6 Å². The third-order valence-electron chi connectivity index (χ3n) is 2.63. The molecule has 0 spiro atoms. The molecule has 106 valence electrons. The summed E-state index contributed by atoms with van der Waals surface area (Å²) in [5.41, 5.74) is 0.436. The van der Waals surface area contributed by atoms with Gasteiger partial charge in [-0.15, -0.1) is 12.4 Å². The van der Waals surface area contributed by atoms with Crippen molar-refractivity contribution in [2.45, 2.75) is 12.5 Å². The van der Waals surface area contributed by atoms with Crippen LogP contribution in [0, 0.1) is 5.82 Å². The number of hydrogen-bond acceptors (Lipinski definition) is 3. The molecule has 1 atom stereocenters. The maximum atomic E-state index is 13.2. The number of anilines is 1. The SMILES string of the molecule is Cl.O=C(CC1CSCCN1)Nc1ccc(Cl)c(F)c1. The van der Waals surface area contributed by atoms with Gasteiger partial charge in [-0.1, -0.05) is 11.6 Å². The van der Waals surface area contributed by atoms with Crippen LogP contribution in [0.1, 0.15) is 6.42 Å². The van der Waals surface area contributed by atoms with Gasteiger partial charge in [0.2, 0.25) is 5.91 Å². The monoisotopic (exact) mass is 324 g/mol. The number of halogens is 3. The summed E-state index contributed by atoms with van der Waals surface area (Å²) < 4.78 is 13.2. The summed E-state index contributed by atoms with van der Waals surface area (Å²) in [4.78, 5) is 11.8. The van der Waals surface area contributed by atoms with E-state index < -0.39 is 5.82 Å². The summed E-state index contributed by atoms with van der Waals surface area (Å²) in [7, 11) is 0. The second-order valence-corrected chi connectivity index (χ2v) is 5.66. The highest BCUT2D eigenvalue weighted by Gasteiger charge is 2.16. The fourth-order valence-corrected chi connectivity index (χ4v) is 2.83. The Morgan fingerprint density at radius 1 is 1.58 bits per heavy atom. The van der Waals surface area contributed by atoms with Crippen molar-refractivity contribution in [1.82, 2.24) is 5.32 Å². The number of thioether (sulfide) groups is 1. The smallest absolute Gasteiger partial charge is 0.225 e. The van der Waals surface area contributed by atoms with Crippen LogP contribution in [-0.4, -0.2) is 30.0 Å². The summed E-state index contributed by atoms with van der Waals surface area (Å²) in [6, 6.07) is 4.44. The Morgan fingerprint density at radius 2 is 2.37 bits per heavy atom. The molecule has 2 N–H and O–H groups in total. The molecule has 0 aromatic heterocycles. The van der Waals surface area contributed by atoms with Gasteiger partial charge in [-0.2, -0.15) is 11.8 Å². The molecule has 1 heterocycles. The van der Waals surface area contributed by atoms with E-state index in [1.807, 2.05) is 11.8 Å². The normalized spacial score (nSPS) is 18.5. The number of hydrogen-bond donors (Lipinski definition) is 2. The highest BCUT2D eigenvalue weighted by atomic mass is 35.5. The first kappa shape index (κ1) is 16.6. The van der Waals surface area contributed by atoms with Crippen molar-refractivity contribution in [3.05, 3.63) is 29.0 Å². The van der Waals surface area contributed by atoms with E-state index in [0.29, 0.717) is 12.1 Å². The van der Waals surface area contributed by atoms with Gasteiger partial charge in [-0.25, -0.2) is 4.39 Å². The minimum absolute atomic E-state index is 0. The van der Waals surface area contributed by atoms with Gasteiger partial charge in [0.15, 0.2) is 0 Å². The minimum atomic E-state index is -0.527. The van der Waals surface area contributed by atoms with Crippen molar-refractivity contribution in [2.24, 2.45) is 0 Å². The molecule has 2 rings (SSSR count). The molecule has 1 aliphatic rings. The molecular formula is C12H15Cl2FN2OS. The number of benzene rings is 1. The van der Waals surface area contributed by atoms with Gasteiger partial charge in [0.1, 0.15) is 5.82 Å². The fraction of sp³-hybridized carbons (Fsp3) is 0.417. The summed E-state index contributed by atoms with van der Waals surface area (Å²) in [5, 5.41) is 6.00. The molecule has 7 heteroatoms. The lowest BCUT2D eigenvalue weighted by Crippen LogP contribution is -2.39. The van der Waals surface area contributed by atoms with Crippen LogP contribution in [0.25, 0.3) is 0 Å². The van der Waals surface area contributed by atoms with Crippen LogP contribution in [0.2, 0.25) is 5.02 Å². The topological polar surface area (TPSA) is 41.1 Å². The zero-order valence-corrected chi connectivity index (χ0v) is 12.5. The number of nitrogens with one attached hydrogen (secondary N) is 2. The zero-order valence-electron chi connectivity index (χ0n) is 10.1. The van der Waals surface area contributed by atoms with Crippen LogP contribution >= 0.6 is 35.8 Å². The third kappa shape index (κ3) is 5.18. The van der Waals surface area contributed by atoms with Gasteiger partial charge in [0, 0.05) is 36.2 Å². The van der Waals surface area contributed by atoms with E-state index in [-0.39, 0.29) is 29.4 Å². The van der Waals surface area contributed by atoms with Gasteiger partial charge in [0.05, 0.1) is 5.02 Å². The molecule has 0 bridgehead atoms. The molecule has 1 fully saturated rings. The lowest BCUT2D eigenvalue weighted by atomic mass is 10.2. The van der Waals surface area contributed by atoms with E-state index in [9.17, 15) is 9.18 Å². The van der Waals surface area contributed by atoms with Crippen molar-refractivity contribution < 1.29 is 9.18 Å². The molecule has 19 heavy (non-hydrogen) atoms. The Morgan fingerprint density at radius 3 is 3.00 bits per heavy atom. The lowest BCUT2D eigenvalue weighted by Gasteiger charge is -2.22. The highest BCUT2D eigenvalue weighted by molar-refractivity contribution is 7.99. The fourth-order valence-electron chi connectivity index (χ4n) is 1.76. The Balaban J connectivity index is 0.00000180. The van der Waals surface area contributed by atoms with Gasteiger partial charge in [-0.3, -0.25) is 4.79 Å². The van der Waals surface area contributed by atoms with E-state index in [1.54, 1.807) is 6.07 Å². The largest absolute Gasteiger partial charge is 0.326 e.